The van der Waals surface area contributed by atoms with Crippen molar-refractivity contribution in [2.24, 2.45) is 5.92 Å². The summed E-state index contributed by atoms with van der Waals surface area (Å²) in [6, 6.07) is 5.13. The Morgan fingerprint density at radius 1 is 1.47 bits per heavy atom. The fourth-order valence-corrected chi connectivity index (χ4v) is 1.79. The van der Waals surface area contributed by atoms with Crippen molar-refractivity contribution in [2.75, 3.05) is 0 Å². The molecule has 1 unspecified atom stereocenters. The summed E-state index contributed by atoms with van der Waals surface area (Å²) in [5, 5.41) is 18.2. The van der Waals surface area contributed by atoms with Crippen LogP contribution in [-0.4, -0.2) is 16.2 Å². The van der Waals surface area contributed by atoms with E-state index in [4.69, 9.17) is 5.11 Å². The number of phenols is 1. The number of aliphatic carboxylic acids is 1. The smallest absolute Gasteiger partial charge is 0.310 e. The molecule has 0 spiro atoms. The summed E-state index contributed by atoms with van der Waals surface area (Å²) in [5.41, 5.74) is 2.90. The number of carboxylic acids is 1. The van der Waals surface area contributed by atoms with Gasteiger partial charge in [0.15, 0.2) is 0 Å². The Morgan fingerprint density at radius 2 is 2.20 bits per heavy atom. The highest BCUT2D eigenvalue weighted by molar-refractivity contribution is 5.78. The lowest BCUT2D eigenvalue weighted by Gasteiger charge is -2.06. The van der Waals surface area contributed by atoms with E-state index < -0.39 is 11.9 Å². The molecule has 0 saturated carbocycles. The maximum atomic E-state index is 10.8. The number of fused-ring (bicyclic) bond motifs is 1. The first kappa shape index (κ1) is 9.77. The molecule has 0 amide bonds. The normalized spacial score (nSPS) is 15.7. The van der Waals surface area contributed by atoms with E-state index in [2.05, 4.69) is 0 Å². The van der Waals surface area contributed by atoms with Crippen LogP contribution in [0.3, 0.4) is 0 Å². The van der Waals surface area contributed by atoms with Crippen LogP contribution in [0.5, 0.6) is 5.75 Å². The lowest BCUT2D eigenvalue weighted by atomic mass is 10.00. The summed E-state index contributed by atoms with van der Waals surface area (Å²) in [7, 11) is 0. The lowest BCUT2D eigenvalue weighted by molar-refractivity contribution is -0.139. The summed E-state index contributed by atoms with van der Waals surface area (Å²) >= 11 is 0. The predicted octanol–water partition coefficient (Wildman–Crippen LogP) is 2.05. The van der Waals surface area contributed by atoms with Crippen LogP contribution in [0.2, 0.25) is 0 Å². The van der Waals surface area contributed by atoms with E-state index in [0.29, 0.717) is 6.42 Å². The highest BCUT2D eigenvalue weighted by Gasteiger charge is 2.22. The van der Waals surface area contributed by atoms with E-state index in [1.807, 2.05) is 12.1 Å². The SMILES string of the molecule is CC(C(=O)O)C1=Cc2cc(O)ccc2C1. The molecular weight excluding hydrogens is 192 g/mol. The number of phenolic OH excluding ortho intramolecular Hbond substituents is 1. The summed E-state index contributed by atoms with van der Waals surface area (Å²) in [5.74, 6) is -1.05. The zero-order chi connectivity index (χ0) is 11.0. The first-order chi connectivity index (χ1) is 7.08. The molecule has 2 N–H and O–H groups in total. The van der Waals surface area contributed by atoms with Crippen molar-refractivity contribution in [1.82, 2.24) is 0 Å². The van der Waals surface area contributed by atoms with Gasteiger partial charge >= 0.3 is 5.97 Å². The van der Waals surface area contributed by atoms with Gasteiger partial charge in [0, 0.05) is 0 Å². The zero-order valence-electron chi connectivity index (χ0n) is 8.40. The largest absolute Gasteiger partial charge is 0.508 e. The van der Waals surface area contributed by atoms with Gasteiger partial charge in [-0.3, -0.25) is 4.79 Å². The van der Waals surface area contributed by atoms with Crippen LogP contribution >= 0.6 is 0 Å². The highest BCUT2D eigenvalue weighted by Crippen LogP contribution is 2.31. The van der Waals surface area contributed by atoms with Crippen LogP contribution in [0.25, 0.3) is 6.08 Å². The van der Waals surface area contributed by atoms with Gasteiger partial charge in [-0.05, 0) is 36.6 Å². The Kier molecular flexibility index (Phi) is 2.23. The van der Waals surface area contributed by atoms with Crippen LogP contribution in [0.1, 0.15) is 18.1 Å². The van der Waals surface area contributed by atoms with E-state index in [-0.39, 0.29) is 5.75 Å². The molecule has 1 aliphatic carbocycles. The van der Waals surface area contributed by atoms with Gasteiger partial charge in [0.1, 0.15) is 5.75 Å². The average Bonchev–Trinajstić information content (AvgIpc) is 2.58. The third kappa shape index (κ3) is 1.73. The Balaban J connectivity index is 2.31. The molecular formula is C12H12O3. The highest BCUT2D eigenvalue weighted by atomic mass is 16.4. The average molecular weight is 204 g/mol. The van der Waals surface area contributed by atoms with Crippen LogP contribution in [-0.2, 0) is 11.2 Å². The van der Waals surface area contributed by atoms with Gasteiger partial charge in [-0.1, -0.05) is 17.7 Å². The molecule has 1 atom stereocenters. The molecule has 1 aromatic rings. The fourth-order valence-electron chi connectivity index (χ4n) is 1.79. The van der Waals surface area contributed by atoms with Gasteiger partial charge < -0.3 is 10.2 Å². The van der Waals surface area contributed by atoms with Crippen molar-refractivity contribution in [2.45, 2.75) is 13.3 Å². The van der Waals surface area contributed by atoms with Crippen molar-refractivity contribution in [1.29, 1.82) is 0 Å². The number of benzene rings is 1. The molecule has 0 aromatic heterocycles. The zero-order valence-corrected chi connectivity index (χ0v) is 8.40. The second-order valence-electron chi connectivity index (χ2n) is 3.84. The molecule has 3 heteroatoms. The second kappa shape index (κ2) is 3.42. The Bertz CT molecular complexity index is 446. The maximum absolute atomic E-state index is 10.8. The fraction of sp³-hybridized carbons (Fsp3) is 0.250. The van der Waals surface area contributed by atoms with E-state index in [1.165, 1.54) is 0 Å². The van der Waals surface area contributed by atoms with Gasteiger partial charge in [-0.25, -0.2) is 0 Å². The summed E-state index contributed by atoms with van der Waals surface area (Å²) in [6.45, 7) is 1.68. The van der Waals surface area contributed by atoms with Gasteiger partial charge in [0.25, 0.3) is 0 Å². The van der Waals surface area contributed by atoms with E-state index in [9.17, 15) is 9.90 Å². The number of carboxylic acid groups (broad SMARTS) is 1. The molecule has 2 rings (SSSR count). The van der Waals surface area contributed by atoms with Gasteiger partial charge in [-0.2, -0.15) is 0 Å². The molecule has 15 heavy (non-hydrogen) atoms. The molecule has 0 bridgehead atoms. The predicted molar refractivity (Wildman–Crippen MR) is 56.6 cm³/mol. The lowest BCUT2D eigenvalue weighted by Crippen LogP contribution is -2.12. The summed E-state index contributed by atoms with van der Waals surface area (Å²) in [6.07, 6.45) is 2.52. The number of rotatable bonds is 2. The number of hydrogen-bond acceptors (Lipinski definition) is 2. The monoisotopic (exact) mass is 204 g/mol. The number of hydrogen-bond donors (Lipinski definition) is 2. The molecule has 0 radical (unpaired) electrons. The number of aromatic hydroxyl groups is 1. The summed E-state index contributed by atoms with van der Waals surface area (Å²) < 4.78 is 0. The van der Waals surface area contributed by atoms with Crippen molar-refractivity contribution in [3.63, 3.8) is 0 Å². The maximum Gasteiger partial charge on any atom is 0.310 e. The molecule has 1 aromatic carbocycles. The number of carbonyl (C=O) groups is 1. The first-order valence-electron chi connectivity index (χ1n) is 4.83. The standard InChI is InChI=1S/C12H12O3/c1-7(12(14)15)9-4-8-2-3-11(13)6-10(8)5-9/h2-3,5-7,13H,4H2,1H3,(H,14,15). The topological polar surface area (TPSA) is 57.5 Å². The second-order valence-corrected chi connectivity index (χ2v) is 3.84. The van der Waals surface area contributed by atoms with Crippen LogP contribution in [0.15, 0.2) is 23.8 Å². The Labute approximate surface area is 87.7 Å². The molecule has 3 nitrogen and oxygen atoms in total. The molecule has 0 heterocycles. The third-order valence-electron chi connectivity index (χ3n) is 2.79. The molecule has 0 fully saturated rings. The van der Waals surface area contributed by atoms with Crippen molar-refractivity contribution >= 4 is 12.0 Å². The van der Waals surface area contributed by atoms with Crippen LogP contribution in [0, 0.1) is 5.92 Å². The Hall–Kier alpha value is -1.77. The minimum absolute atomic E-state index is 0.217. The molecule has 1 aliphatic rings. The van der Waals surface area contributed by atoms with E-state index in [1.54, 1.807) is 19.1 Å². The van der Waals surface area contributed by atoms with Crippen molar-refractivity contribution in [3.8, 4) is 5.75 Å². The van der Waals surface area contributed by atoms with Crippen LogP contribution < -0.4 is 0 Å². The van der Waals surface area contributed by atoms with Crippen molar-refractivity contribution < 1.29 is 15.0 Å². The molecule has 0 saturated heterocycles. The van der Waals surface area contributed by atoms with E-state index in [0.717, 1.165) is 16.7 Å². The van der Waals surface area contributed by atoms with E-state index >= 15 is 0 Å². The van der Waals surface area contributed by atoms with Crippen molar-refractivity contribution in [3.05, 3.63) is 34.9 Å². The van der Waals surface area contributed by atoms with Gasteiger partial charge in [-0.15, -0.1) is 0 Å². The quantitative estimate of drug-likeness (QED) is 0.775. The van der Waals surface area contributed by atoms with Crippen LogP contribution in [0.4, 0.5) is 0 Å². The summed E-state index contributed by atoms with van der Waals surface area (Å²) in [4.78, 5) is 10.8. The minimum atomic E-state index is -0.807. The molecule has 0 aliphatic heterocycles. The van der Waals surface area contributed by atoms with Gasteiger partial charge in [0.2, 0.25) is 0 Å². The Morgan fingerprint density at radius 3 is 2.87 bits per heavy atom. The van der Waals surface area contributed by atoms with Gasteiger partial charge in [0.05, 0.1) is 5.92 Å². The molecule has 78 valence electrons. The first-order valence-corrected chi connectivity index (χ1v) is 4.83. The minimum Gasteiger partial charge on any atom is -0.508 e. The third-order valence-corrected chi connectivity index (χ3v) is 2.79.